The van der Waals surface area contributed by atoms with Crippen LogP contribution in [0.2, 0.25) is 0 Å². The molecule has 0 aromatic rings. The molecule has 2 heterocycles. The van der Waals surface area contributed by atoms with Crippen molar-refractivity contribution in [3.63, 3.8) is 0 Å². The number of piperidine rings is 1. The Kier molecular flexibility index (Phi) is 5.67. The summed E-state index contributed by atoms with van der Waals surface area (Å²) in [6.07, 6.45) is 1.73. The van der Waals surface area contributed by atoms with Crippen molar-refractivity contribution in [2.45, 2.75) is 25.8 Å². The highest BCUT2D eigenvalue weighted by molar-refractivity contribution is 5.75. The van der Waals surface area contributed by atoms with Crippen LogP contribution < -0.4 is 5.32 Å². The molecular formula is C14H26N4O3. The molecule has 0 bridgehead atoms. The van der Waals surface area contributed by atoms with Gasteiger partial charge >= 0.3 is 12.1 Å². The zero-order chi connectivity index (χ0) is 15.2. The van der Waals surface area contributed by atoms with E-state index in [1.807, 2.05) is 0 Å². The summed E-state index contributed by atoms with van der Waals surface area (Å²) in [5, 5.41) is 3.10. The first-order valence-electron chi connectivity index (χ1n) is 7.76. The van der Waals surface area contributed by atoms with Gasteiger partial charge < -0.3 is 24.8 Å². The van der Waals surface area contributed by atoms with Crippen LogP contribution in [0.4, 0.5) is 9.59 Å². The lowest BCUT2D eigenvalue weighted by Crippen LogP contribution is -2.55. The Labute approximate surface area is 126 Å². The highest BCUT2D eigenvalue weighted by Gasteiger charge is 2.26. The average Bonchev–Trinajstić information content (AvgIpc) is 2.50. The van der Waals surface area contributed by atoms with Gasteiger partial charge in [0, 0.05) is 32.2 Å². The first-order valence-corrected chi connectivity index (χ1v) is 7.76. The lowest BCUT2D eigenvalue weighted by atomic mass is 10.1. The smallest absolute Gasteiger partial charge is 0.409 e. The number of nitrogens with one attached hydrogen (secondary N) is 1. The minimum absolute atomic E-state index is 0.00642. The summed E-state index contributed by atoms with van der Waals surface area (Å²) in [7, 11) is 2.10. The Bertz CT molecular complexity index is 361. The third-order valence-corrected chi connectivity index (χ3v) is 4.14. The van der Waals surface area contributed by atoms with E-state index in [-0.39, 0.29) is 18.2 Å². The van der Waals surface area contributed by atoms with Gasteiger partial charge in [-0.1, -0.05) is 0 Å². The maximum Gasteiger partial charge on any atom is 0.409 e. The summed E-state index contributed by atoms with van der Waals surface area (Å²) in [6, 6.07) is 0.268. The van der Waals surface area contributed by atoms with Crippen LogP contribution in [0.5, 0.6) is 0 Å². The predicted octanol–water partition coefficient (Wildman–Crippen LogP) is 0.564. The van der Waals surface area contributed by atoms with E-state index in [0.29, 0.717) is 32.8 Å². The molecule has 2 saturated heterocycles. The highest BCUT2D eigenvalue weighted by atomic mass is 16.6. The van der Waals surface area contributed by atoms with Crippen molar-refractivity contribution in [1.29, 1.82) is 0 Å². The van der Waals surface area contributed by atoms with Gasteiger partial charge in [-0.15, -0.1) is 0 Å². The van der Waals surface area contributed by atoms with Crippen LogP contribution >= 0.6 is 0 Å². The number of amides is 3. The van der Waals surface area contributed by atoms with Crippen molar-refractivity contribution in [3.05, 3.63) is 0 Å². The number of ether oxygens (including phenoxy) is 1. The normalized spacial score (nSPS) is 21.2. The van der Waals surface area contributed by atoms with Gasteiger partial charge in [0.25, 0.3) is 0 Å². The van der Waals surface area contributed by atoms with Gasteiger partial charge in [0.2, 0.25) is 0 Å². The molecule has 0 saturated carbocycles. The lowest BCUT2D eigenvalue weighted by molar-refractivity contribution is 0.0842. The van der Waals surface area contributed by atoms with Crippen LogP contribution in [-0.4, -0.2) is 85.8 Å². The third-order valence-electron chi connectivity index (χ3n) is 4.14. The Morgan fingerprint density at radius 1 is 1.05 bits per heavy atom. The minimum atomic E-state index is -0.284. The molecular weight excluding hydrogens is 272 g/mol. The lowest BCUT2D eigenvalue weighted by Gasteiger charge is -2.36. The highest BCUT2D eigenvalue weighted by Crippen LogP contribution is 2.10. The fraction of sp³-hybridized carbons (Fsp3) is 0.857. The van der Waals surface area contributed by atoms with Gasteiger partial charge in [-0.3, -0.25) is 0 Å². The summed E-state index contributed by atoms with van der Waals surface area (Å²) < 4.78 is 4.97. The first kappa shape index (κ1) is 15.9. The van der Waals surface area contributed by atoms with E-state index >= 15 is 0 Å². The number of nitrogens with zero attached hydrogens (tertiary/aromatic N) is 3. The van der Waals surface area contributed by atoms with Gasteiger partial charge in [-0.05, 0) is 39.9 Å². The van der Waals surface area contributed by atoms with Crippen LogP contribution in [0.1, 0.15) is 19.8 Å². The van der Waals surface area contributed by atoms with Crippen molar-refractivity contribution in [1.82, 2.24) is 20.0 Å². The summed E-state index contributed by atoms with van der Waals surface area (Å²) in [4.78, 5) is 29.5. The van der Waals surface area contributed by atoms with E-state index < -0.39 is 0 Å². The molecule has 2 rings (SSSR count). The molecule has 1 N–H and O–H groups in total. The summed E-state index contributed by atoms with van der Waals surface area (Å²) in [5.74, 6) is 0. The number of rotatable bonds is 2. The summed E-state index contributed by atoms with van der Waals surface area (Å²) >= 11 is 0. The number of carbonyl (C=O) groups is 2. The molecule has 0 aliphatic carbocycles. The van der Waals surface area contributed by atoms with Crippen molar-refractivity contribution < 1.29 is 14.3 Å². The van der Waals surface area contributed by atoms with Gasteiger partial charge in [0.1, 0.15) is 0 Å². The van der Waals surface area contributed by atoms with Crippen molar-refractivity contribution >= 4 is 12.1 Å². The van der Waals surface area contributed by atoms with Crippen molar-refractivity contribution in [3.8, 4) is 0 Å². The Morgan fingerprint density at radius 3 is 2.19 bits per heavy atom. The van der Waals surface area contributed by atoms with Crippen molar-refractivity contribution in [2.24, 2.45) is 0 Å². The van der Waals surface area contributed by atoms with E-state index in [0.717, 1.165) is 25.9 Å². The molecule has 0 atom stereocenters. The fourth-order valence-corrected chi connectivity index (χ4v) is 2.73. The van der Waals surface area contributed by atoms with Crippen LogP contribution in [-0.2, 0) is 4.74 Å². The fourth-order valence-electron chi connectivity index (χ4n) is 2.73. The second kappa shape index (κ2) is 7.49. The quantitative estimate of drug-likeness (QED) is 0.809. The van der Waals surface area contributed by atoms with Gasteiger partial charge in [0.05, 0.1) is 6.61 Å². The maximum atomic E-state index is 12.2. The number of hydrogen-bond acceptors (Lipinski definition) is 4. The standard InChI is InChI=1S/C14H26N4O3/c1-3-21-14(20)18-10-8-17(9-11-18)13(19)15-12-4-6-16(2)7-5-12/h12H,3-11H2,1-2H3,(H,15,19). The molecule has 0 spiro atoms. The van der Waals surface area contributed by atoms with E-state index in [1.54, 1.807) is 16.7 Å². The number of carbonyl (C=O) groups excluding carboxylic acids is 2. The Balaban J connectivity index is 1.71. The second-order valence-corrected chi connectivity index (χ2v) is 5.70. The van der Waals surface area contributed by atoms with Gasteiger partial charge in [-0.2, -0.15) is 0 Å². The largest absolute Gasteiger partial charge is 0.450 e. The van der Waals surface area contributed by atoms with Gasteiger partial charge in [-0.25, -0.2) is 9.59 Å². The average molecular weight is 298 g/mol. The zero-order valence-corrected chi connectivity index (χ0v) is 13.0. The minimum Gasteiger partial charge on any atom is -0.450 e. The molecule has 0 aromatic heterocycles. The van der Waals surface area contributed by atoms with Crippen LogP contribution in [0.25, 0.3) is 0 Å². The zero-order valence-electron chi connectivity index (χ0n) is 13.0. The number of piperazine rings is 1. The summed E-state index contributed by atoms with van der Waals surface area (Å²) in [6.45, 7) is 6.45. The van der Waals surface area contributed by atoms with Crippen LogP contribution in [0, 0.1) is 0 Å². The van der Waals surface area contributed by atoms with Crippen LogP contribution in [0.15, 0.2) is 0 Å². The molecule has 2 aliphatic heterocycles. The third kappa shape index (κ3) is 4.49. The molecule has 7 nitrogen and oxygen atoms in total. The van der Waals surface area contributed by atoms with Gasteiger partial charge in [0.15, 0.2) is 0 Å². The monoisotopic (exact) mass is 298 g/mol. The number of urea groups is 1. The number of hydrogen-bond donors (Lipinski definition) is 1. The van der Waals surface area contributed by atoms with E-state index in [9.17, 15) is 9.59 Å². The molecule has 7 heteroatoms. The Hall–Kier alpha value is -1.50. The number of likely N-dealkylation sites (tertiary alicyclic amines) is 1. The van der Waals surface area contributed by atoms with Crippen LogP contribution in [0.3, 0.4) is 0 Å². The SMILES string of the molecule is CCOC(=O)N1CCN(C(=O)NC2CCN(C)CC2)CC1. The molecule has 120 valence electrons. The topological polar surface area (TPSA) is 65.1 Å². The van der Waals surface area contributed by atoms with E-state index in [1.165, 1.54) is 0 Å². The predicted molar refractivity (Wildman–Crippen MR) is 79.2 cm³/mol. The Morgan fingerprint density at radius 2 is 1.62 bits per heavy atom. The summed E-state index contributed by atoms with van der Waals surface area (Å²) in [5.41, 5.74) is 0. The molecule has 2 fully saturated rings. The van der Waals surface area contributed by atoms with Crippen molar-refractivity contribution in [2.75, 3.05) is 52.9 Å². The first-order chi connectivity index (χ1) is 10.1. The molecule has 0 unspecified atom stereocenters. The molecule has 21 heavy (non-hydrogen) atoms. The molecule has 0 aromatic carbocycles. The second-order valence-electron chi connectivity index (χ2n) is 5.70. The maximum absolute atomic E-state index is 12.2. The molecule has 3 amide bonds. The van der Waals surface area contributed by atoms with E-state index in [2.05, 4.69) is 17.3 Å². The van der Waals surface area contributed by atoms with E-state index in [4.69, 9.17) is 4.74 Å². The molecule has 2 aliphatic rings. The molecule has 0 radical (unpaired) electrons.